The summed E-state index contributed by atoms with van der Waals surface area (Å²) in [6.07, 6.45) is 5.61. The molecule has 1 aliphatic heterocycles. The maximum atomic E-state index is 13.5. The van der Waals surface area contributed by atoms with Crippen LogP contribution in [-0.2, 0) is 0 Å². The fourth-order valence-corrected chi connectivity index (χ4v) is 3.66. The molecule has 2 aliphatic rings. The van der Waals surface area contributed by atoms with Crippen molar-refractivity contribution in [2.24, 2.45) is 5.92 Å². The molecule has 0 saturated heterocycles. The second kappa shape index (κ2) is 5.36. The first-order valence-electron chi connectivity index (χ1n) is 7.84. The van der Waals surface area contributed by atoms with E-state index in [9.17, 15) is 4.39 Å². The summed E-state index contributed by atoms with van der Waals surface area (Å²) in [5.41, 5.74) is 1.03. The zero-order valence-electron chi connectivity index (χ0n) is 12.4. The summed E-state index contributed by atoms with van der Waals surface area (Å²) in [7, 11) is 0. The summed E-state index contributed by atoms with van der Waals surface area (Å²) < 4.78 is 19.8. The Kier molecular flexibility index (Phi) is 3.72. The van der Waals surface area contributed by atoms with Gasteiger partial charge in [-0.25, -0.2) is 4.39 Å². The second-order valence-electron chi connectivity index (χ2n) is 6.46. The lowest BCUT2D eigenvalue weighted by molar-refractivity contribution is -0.0128. The molecule has 1 atom stereocenters. The predicted octanol–water partition coefficient (Wildman–Crippen LogP) is 4.21. The number of fused-ring (bicyclic) bond motifs is 1. The van der Waals surface area contributed by atoms with Crippen LogP contribution in [0.4, 0.5) is 4.39 Å². The lowest BCUT2D eigenvalue weighted by Crippen LogP contribution is -2.46. The van der Waals surface area contributed by atoms with E-state index in [-0.39, 0.29) is 17.5 Å². The van der Waals surface area contributed by atoms with E-state index < -0.39 is 0 Å². The largest absolute Gasteiger partial charge is 0.487 e. The molecule has 0 bridgehead atoms. The normalized spacial score (nSPS) is 32.8. The smallest absolute Gasteiger partial charge is 0.127 e. The number of nitrogens with one attached hydrogen (secondary N) is 1. The van der Waals surface area contributed by atoms with Gasteiger partial charge >= 0.3 is 0 Å². The van der Waals surface area contributed by atoms with Crippen LogP contribution in [0.15, 0.2) is 18.2 Å². The molecular weight excluding hydrogens is 253 g/mol. The SMILES string of the molecule is CCNC1CC2(CCC(C)CC2)Oc2cc(F)ccc21. The van der Waals surface area contributed by atoms with Crippen LogP contribution in [-0.4, -0.2) is 12.1 Å². The van der Waals surface area contributed by atoms with Crippen LogP contribution < -0.4 is 10.1 Å². The van der Waals surface area contributed by atoms with Gasteiger partial charge in [-0.05, 0) is 44.2 Å². The van der Waals surface area contributed by atoms with Gasteiger partial charge in [-0.1, -0.05) is 19.9 Å². The zero-order valence-corrected chi connectivity index (χ0v) is 12.4. The lowest BCUT2D eigenvalue weighted by atomic mass is 9.74. The molecule has 0 aromatic heterocycles. The Labute approximate surface area is 120 Å². The number of rotatable bonds is 2. The summed E-state index contributed by atoms with van der Waals surface area (Å²) in [4.78, 5) is 0. The van der Waals surface area contributed by atoms with Crippen LogP contribution in [0.5, 0.6) is 5.75 Å². The van der Waals surface area contributed by atoms with Crippen molar-refractivity contribution in [3.63, 3.8) is 0 Å². The van der Waals surface area contributed by atoms with Crippen LogP contribution in [0.1, 0.15) is 57.6 Å². The van der Waals surface area contributed by atoms with Crippen LogP contribution >= 0.6 is 0 Å². The molecule has 1 heterocycles. The molecule has 3 rings (SSSR count). The molecule has 1 aliphatic carbocycles. The number of benzene rings is 1. The van der Waals surface area contributed by atoms with E-state index in [0.717, 1.165) is 43.0 Å². The first-order chi connectivity index (χ1) is 9.62. The third-order valence-corrected chi connectivity index (χ3v) is 4.89. The van der Waals surface area contributed by atoms with Crippen LogP contribution in [0.3, 0.4) is 0 Å². The van der Waals surface area contributed by atoms with Crippen LogP contribution in [0, 0.1) is 11.7 Å². The number of hydrogen-bond acceptors (Lipinski definition) is 2. The number of halogens is 1. The van der Waals surface area contributed by atoms with Crippen molar-refractivity contribution >= 4 is 0 Å². The minimum absolute atomic E-state index is 0.0832. The Morgan fingerprint density at radius 2 is 2.10 bits per heavy atom. The van der Waals surface area contributed by atoms with E-state index in [0.29, 0.717) is 0 Å². The maximum Gasteiger partial charge on any atom is 0.127 e. The summed E-state index contributed by atoms with van der Waals surface area (Å²) in [6, 6.07) is 5.25. The van der Waals surface area contributed by atoms with E-state index in [4.69, 9.17) is 4.74 Å². The van der Waals surface area contributed by atoms with Gasteiger partial charge in [0.25, 0.3) is 0 Å². The van der Waals surface area contributed by atoms with Gasteiger partial charge in [-0.15, -0.1) is 0 Å². The van der Waals surface area contributed by atoms with Crippen molar-refractivity contribution in [2.75, 3.05) is 6.54 Å². The highest BCUT2D eigenvalue weighted by molar-refractivity contribution is 5.39. The Balaban J connectivity index is 1.91. The molecule has 1 unspecified atom stereocenters. The molecule has 1 aromatic carbocycles. The van der Waals surface area contributed by atoms with E-state index in [1.165, 1.54) is 18.9 Å². The highest BCUT2D eigenvalue weighted by Gasteiger charge is 2.42. The monoisotopic (exact) mass is 277 g/mol. The van der Waals surface area contributed by atoms with Gasteiger partial charge in [0.2, 0.25) is 0 Å². The fourth-order valence-electron chi connectivity index (χ4n) is 3.66. The Bertz CT molecular complexity index is 480. The molecule has 110 valence electrons. The third-order valence-electron chi connectivity index (χ3n) is 4.89. The minimum Gasteiger partial charge on any atom is -0.487 e. The van der Waals surface area contributed by atoms with Crippen molar-refractivity contribution in [1.82, 2.24) is 5.32 Å². The van der Waals surface area contributed by atoms with Gasteiger partial charge < -0.3 is 10.1 Å². The van der Waals surface area contributed by atoms with Gasteiger partial charge in [0.1, 0.15) is 17.2 Å². The maximum absolute atomic E-state index is 13.5. The lowest BCUT2D eigenvalue weighted by Gasteiger charge is -2.46. The van der Waals surface area contributed by atoms with Crippen molar-refractivity contribution in [3.8, 4) is 5.75 Å². The van der Waals surface area contributed by atoms with Crippen molar-refractivity contribution in [3.05, 3.63) is 29.6 Å². The minimum atomic E-state index is -0.208. The van der Waals surface area contributed by atoms with Gasteiger partial charge in [0.15, 0.2) is 0 Å². The van der Waals surface area contributed by atoms with E-state index >= 15 is 0 Å². The van der Waals surface area contributed by atoms with Crippen LogP contribution in [0.25, 0.3) is 0 Å². The molecule has 1 N–H and O–H groups in total. The molecule has 1 fully saturated rings. The average molecular weight is 277 g/mol. The average Bonchev–Trinajstić information content (AvgIpc) is 2.42. The van der Waals surface area contributed by atoms with E-state index in [2.05, 4.69) is 19.2 Å². The number of ether oxygens (including phenoxy) is 1. The molecule has 3 heteroatoms. The van der Waals surface area contributed by atoms with Crippen molar-refractivity contribution < 1.29 is 9.13 Å². The highest BCUT2D eigenvalue weighted by Crippen LogP contribution is 2.47. The van der Waals surface area contributed by atoms with Gasteiger partial charge in [0.05, 0.1) is 0 Å². The zero-order chi connectivity index (χ0) is 14.2. The standard InChI is InChI=1S/C17H24FNO/c1-3-19-15-11-17(8-6-12(2)7-9-17)20-16-10-13(18)4-5-14(15)16/h4-5,10,12,15,19H,3,6-9,11H2,1-2H3. The molecule has 1 saturated carbocycles. The van der Waals surface area contributed by atoms with Crippen LogP contribution in [0.2, 0.25) is 0 Å². The second-order valence-corrected chi connectivity index (χ2v) is 6.46. The Morgan fingerprint density at radius 3 is 2.80 bits per heavy atom. The quantitative estimate of drug-likeness (QED) is 0.874. The molecule has 1 aromatic rings. The van der Waals surface area contributed by atoms with Gasteiger partial charge in [0, 0.05) is 24.1 Å². The van der Waals surface area contributed by atoms with Crippen molar-refractivity contribution in [1.29, 1.82) is 0 Å². The summed E-state index contributed by atoms with van der Waals surface area (Å²) in [5, 5.41) is 3.54. The van der Waals surface area contributed by atoms with Gasteiger partial charge in [-0.2, -0.15) is 0 Å². The first kappa shape index (κ1) is 13.9. The predicted molar refractivity (Wildman–Crippen MR) is 78.4 cm³/mol. The molecular formula is C17H24FNO. The molecule has 0 amide bonds. The molecule has 2 nitrogen and oxygen atoms in total. The Hall–Kier alpha value is -1.09. The Morgan fingerprint density at radius 1 is 1.35 bits per heavy atom. The van der Waals surface area contributed by atoms with E-state index in [1.54, 1.807) is 6.07 Å². The third kappa shape index (κ3) is 2.56. The summed E-state index contributed by atoms with van der Waals surface area (Å²) >= 11 is 0. The number of hydrogen-bond donors (Lipinski definition) is 1. The van der Waals surface area contributed by atoms with Gasteiger partial charge in [-0.3, -0.25) is 0 Å². The van der Waals surface area contributed by atoms with Crippen molar-refractivity contribution in [2.45, 2.75) is 57.6 Å². The summed E-state index contributed by atoms with van der Waals surface area (Å²) in [6.45, 7) is 5.35. The van der Waals surface area contributed by atoms with E-state index in [1.807, 2.05) is 6.07 Å². The highest BCUT2D eigenvalue weighted by atomic mass is 19.1. The molecule has 0 radical (unpaired) electrons. The summed E-state index contributed by atoms with van der Waals surface area (Å²) in [5.74, 6) is 1.33. The topological polar surface area (TPSA) is 21.3 Å². The molecule has 1 spiro atoms. The first-order valence-corrected chi connectivity index (χ1v) is 7.84. The fraction of sp³-hybridized carbons (Fsp3) is 0.647. The molecule has 20 heavy (non-hydrogen) atoms.